The Hall–Kier alpha value is -3.60. The number of pyridine rings is 1. The van der Waals surface area contributed by atoms with Crippen LogP contribution in [0, 0.1) is 0 Å². The molecule has 2 aromatic heterocycles. The van der Waals surface area contributed by atoms with E-state index in [9.17, 15) is 23.1 Å². The molecule has 38 heavy (non-hydrogen) atoms. The van der Waals surface area contributed by atoms with Crippen LogP contribution in [0.2, 0.25) is 0 Å². The molecular weight excluding hydrogens is 499 g/mol. The molecule has 5 rings (SSSR count). The zero-order valence-corrected chi connectivity index (χ0v) is 20.7. The Morgan fingerprint density at radius 3 is 2.58 bits per heavy atom. The molecule has 0 spiro atoms. The van der Waals surface area contributed by atoms with Gasteiger partial charge in [-0.3, -0.25) is 0 Å². The summed E-state index contributed by atoms with van der Waals surface area (Å²) in [6, 6.07) is 9.93. The lowest BCUT2D eigenvalue weighted by Gasteiger charge is -2.40. The summed E-state index contributed by atoms with van der Waals surface area (Å²) in [4.78, 5) is 21.4. The number of rotatable bonds is 7. The van der Waals surface area contributed by atoms with Gasteiger partial charge in [0.2, 0.25) is 0 Å². The van der Waals surface area contributed by atoms with Gasteiger partial charge in [0.05, 0.1) is 23.6 Å². The van der Waals surface area contributed by atoms with Gasteiger partial charge in [-0.05, 0) is 49.9 Å². The van der Waals surface area contributed by atoms with E-state index in [1.165, 1.54) is 18.3 Å². The number of carboxylic acids is 1. The van der Waals surface area contributed by atoms with Crippen molar-refractivity contribution >= 4 is 17.7 Å². The molecule has 0 amide bonds. The number of piperidine rings is 1. The molecule has 3 aromatic rings. The predicted molar refractivity (Wildman–Crippen MR) is 136 cm³/mol. The van der Waals surface area contributed by atoms with Crippen molar-refractivity contribution in [3.8, 4) is 11.3 Å². The molecule has 1 aliphatic carbocycles. The number of aromatic carboxylic acids is 1. The third-order valence-corrected chi connectivity index (χ3v) is 7.25. The number of anilines is 2. The highest BCUT2D eigenvalue weighted by Gasteiger charge is 2.33. The van der Waals surface area contributed by atoms with Crippen LogP contribution in [0.1, 0.15) is 54.6 Å². The number of carboxylic acid groups (broad SMARTS) is 1. The van der Waals surface area contributed by atoms with Crippen molar-refractivity contribution in [1.29, 1.82) is 0 Å². The fourth-order valence-electron chi connectivity index (χ4n) is 5.33. The standard InChI is InChI=1S/C27H30F3N5O3/c28-27(29,30)24-11-10-20(14-31-24)35-12-4-7-19(16-35)33-21-8-1-2-9-22(21)34-26-32-15-23(38-26)17-5-3-6-18(13-17)25(36)37/h3,5-6,10-11,13-15,19,21-22,33H,1-2,4,7-9,12,16H2,(H,32,34)(H,36,37)/t19-,21+,22+/m0/s1. The first-order valence-corrected chi connectivity index (χ1v) is 12.9. The average molecular weight is 530 g/mol. The molecule has 0 unspecified atom stereocenters. The van der Waals surface area contributed by atoms with Crippen LogP contribution in [0.4, 0.5) is 24.9 Å². The predicted octanol–water partition coefficient (Wildman–Crippen LogP) is 5.44. The first kappa shape index (κ1) is 26.0. The van der Waals surface area contributed by atoms with Gasteiger partial charge >= 0.3 is 12.1 Å². The SMILES string of the molecule is O=C(O)c1cccc(-c2cnc(N[C@@H]3CCCC[C@H]3N[C@H]3CCCN(c4ccc(C(F)(F)F)nc4)C3)o2)c1. The van der Waals surface area contributed by atoms with E-state index in [-0.39, 0.29) is 23.7 Å². The van der Waals surface area contributed by atoms with Crippen LogP contribution in [-0.2, 0) is 6.18 Å². The number of oxazole rings is 1. The summed E-state index contributed by atoms with van der Waals surface area (Å²) >= 11 is 0. The molecular formula is C27H30F3N5O3. The summed E-state index contributed by atoms with van der Waals surface area (Å²) in [5.74, 6) is -0.513. The van der Waals surface area contributed by atoms with Gasteiger partial charge in [0.1, 0.15) is 5.69 Å². The summed E-state index contributed by atoms with van der Waals surface area (Å²) in [6.45, 7) is 1.47. The highest BCUT2D eigenvalue weighted by molar-refractivity contribution is 5.89. The van der Waals surface area contributed by atoms with Gasteiger partial charge < -0.3 is 25.1 Å². The van der Waals surface area contributed by atoms with E-state index in [2.05, 4.69) is 25.5 Å². The fraction of sp³-hybridized carbons (Fsp3) is 0.444. The van der Waals surface area contributed by atoms with E-state index in [1.54, 1.807) is 24.4 Å². The Kier molecular flexibility index (Phi) is 7.55. The smallest absolute Gasteiger partial charge is 0.433 e. The van der Waals surface area contributed by atoms with E-state index in [0.29, 0.717) is 29.6 Å². The number of carbonyl (C=O) groups is 1. The Morgan fingerprint density at radius 2 is 1.84 bits per heavy atom. The zero-order valence-electron chi connectivity index (χ0n) is 20.7. The van der Waals surface area contributed by atoms with Crippen LogP contribution in [0.25, 0.3) is 11.3 Å². The second-order valence-corrected chi connectivity index (χ2v) is 9.91. The van der Waals surface area contributed by atoms with E-state index in [4.69, 9.17) is 4.42 Å². The molecule has 1 aromatic carbocycles. The van der Waals surface area contributed by atoms with Crippen molar-refractivity contribution in [2.75, 3.05) is 23.3 Å². The van der Waals surface area contributed by atoms with Crippen molar-refractivity contribution < 1.29 is 27.5 Å². The summed E-state index contributed by atoms with van der Waals surface area (Å²) in [7, 11) is 0. The second-order valence-electron chi connectivity index (χ2n) is 9.91. The van der Waals surface area contributed by atoms with Crippen LogP contribution in [0.3, 0.4) is 0 Å². The van der Waals surface area contributed by atoms with Gasteiger partial charge in [0, 0.05) is 36.8 Å². The monoisotopic (exact) mass is 529 g/mol. The number of alkyl halides is 3. The summed E-state index contributed by atoms with van der Waals surface area (Å²) in [5.41, 5.74) is 0.637. The lowest BCUT2D eigenvalue weighted by molar-refractivity contribution is -0.141. The second kappa shape index (κ2) is 11.0. The number of halogens is 3. The maximum Gasteiger partial charge on any atom is 0.433 e. The molecule has 1 saturated carbocycles. The molecule has 3 heterocycles. The molecule has 2 aliphatic rings. The minimum Gasteiger partial charge on any atom is -0.478 e. The molecule has 202 valence electrons. The van der Waals surface area contributed by atoms with Crippen LogP contribution in [0.5, 0.6) is 0 Å². The Labute approximate surface area is 218 Å². The average Bonchev–Trinajstić information content (AvgIpc) is 3.38. The third kappa shape index (κ3) is 6.09. The number of nitrogens with zero attached hydrogens (tertiary/aromatic N) is 3. The first-order valence-electron chi connectivity index (χ1n) is 12.9. The van der Waals surface area contributed by atoms with Crippen molar-refractivity contribution in [1.82, 2.24) is 15.3 Å². The highest BCUT2D eigenvalue weighted by Crippen LogP contribution is 2.30. The number of hydrogen-bond acceptors (Lipinski definition) is 7. The number of nitrogens with one attached hydrogen (secondary N) is 2. The largest absolute Gasteiger partial charge is 0.478 e. The molecule has 3 N–H and O–H groups in total. The van der Waals surface area contributed by atoms with Crippen LogP contribution in [0.15, 0.2) is 53.2 Å². The minimum atomic E-state index is -4.44. The van der Waals surface area contributed by atoms with Gasteiger partial charge in [0.25, 0.3) is 6.01 Å². The lowest BCUT2D eigenvalue weighted by Crippen LogP contribution is -2.54. The van der Waals surface area contributed by atoms with Gasteiger partial charge in [0.15, 0.2) is 5.76 Å². The third-order valence-electron chi connectivity index (χ3n) is 7.25. The number of benzene rings is 1. The van der Waals surface area contributed by atoms with Crippen LogP contribution < -0.4 is 15.5 Å². The zero-order chi connectivity index (χ0) is 26.7. The van der Waals surface area contributed by atoms with E-state index >= 15 is 0 Å². The molecule has 0 radical (unpaired) electrons. The van der Waals surface area contributed by atoms with Gasteiger partial charge in [-0.15, -0.1) is 0 Å². The maximum atomic E-state index is 12.9. The molecule has 3 atom stereocenters. The van der Waals surface area contributed by atoms with E-state index in [0.717, 1.165) is 51.1 Å². The van der Waals surface area contributed by atoms with Gasteiger partial charge in [-0.2, -0.15) is 13.2 Å². The Bertz CT molecular complexity index is 1250. The van der Waals surface area contributed by atoms with Crippen LogP contribution in [-0.4, -0.2) is 52.3 Å². The summed E-state index contributed by atoms with van der Waals surface area (Å²) in [6.07, 6.45) is 4.49. The molecule has 1 saturated heterocycles. The quantitative estimate of drug-likeness (QED) is 0.372. The van der Waals surface area contributed by atoms with Crippen molar-refractivity contribution in [2.24, 2.45) is 0 Å². The number of aromatic nitrogens is 2. The van der Waals surface area contributed by atoms with Crippen molar-refractivity contribution in [2.45, 2.75) is 62.8 Å². The molecule has 8 nitrogen and oxygen atoms in total. The van der Waals surface area contributed by atoms with Crippen LogP contribution >= 0.6 is 0 Å². The lowest BCUT2D eigenvalue weighted by atomic mass is 9.89. The van der Waals surface area contributed by atoms with E-state index in [1.807, 2.05) is 0 Å². The minimum absolute atomic E-state index is 0.101. The molecule has 11 heteroatoms. The Morgan fingerprint density at radius 1 is 1.03 bits per heavy atom. The van der Waals surface area contributed by atoms with Crippen molar-refractivity contribution in [3.05, 3.63) is 60.0 Å². The highest BCUT2D eigenvalue weighted by atomic mass is 19.4. The normalized spacial score (nSPS) is 22.3. The van der Waals surface area contributed by atoms with Crippen molar-refractivity contribution in [3.63, 3.8) is 0 Å². The first-order chi connectivity index (χ1) is 18.3. The topological polar surface area (TPSA) is 104 Å². The van der Waals surface area contributed by atoms with Gasteiger partial charge in [-0.1, -0.05) is 25.0 Å². The summed E-state index contributed by atoms with van der Waals surface area (Å²) < 4.78 is 44.6. The molecule has 1 aliphatic heterocycles. The van der Waals surface area contributed by atoms with E-state index < -0.39 is 17.8 Å². The van der Waals surface area contributed by atoms with Gasteiger partial charge in [-0.25, -0.2) is 14.8 Å². The molecule has 0 bridgehead atoms. The fourth-order valence-corrected chi connectivity index (χ4v) is 5.33. The molecule has 2 fully saturated rings. The maximum absolute atomic E-state index is 12.9. The number of hydrogen-bond donors (Lipinski definition) is 3. The Balaban J connectivity index is 1.22. The summed E-state index contributed by atoms with van der Waals surface area (Å²) in [5, 5.41) is 16.5.